The van der Waals surface area contributed by atoms with Crippen molar-refractivity contribution in [2.45, 2.75) is 45.6 Å². The van der Waals surface area contributed by atoms with E-state index in [0.29, 0.717) is 11.6 Å². The molecule has 8 heteroatoms. The number of hydrogen-bond donors (Lipinski definition) is 1. The molecule has 5 unspecified atom stereocenters. The van der Waals surface area contributed by atoms with Gasteiger partial charge in [-0.1, -0.05) is 44.3 Å². The standard InChI is InChI=1S/C18H22N4O3S/c1-4-11(14(23)19-18-21-20-15(26-18)8(2)3)22-16(24)12-9-5-6-10(7-9)13(12)17(22)25/h5-6,8-13H,4,7H2,1-3H3,(H,19,21,23). The zero-order valence-corrected chi connectivity index (χ0v) is 15.8. The Labute approximate surface area is 155 Å². The zero-order chi connectivity index (χ0) is 18.6. The van der Waals surface area contributed by atoms with Crippen LogP contribution in [0, 0.1) is 23.7 Å². The fraction of sp³-hybridized carbons (Fsp3) is 0.611. The monoisotopic (exact) mass is 374 g/mol. The minimum absolute atomic E-state index is 0.142. The maximum atomic E-state index is 12.9. The first-order valence-electron chi connectivity index (χ1n) is 9.11. The Bertz CT molecular complexity index is 772. The Morgan fingerprint density at radius 1 is 1.23 bits per heavy atom. The van der Waals surface area contributed by atoms with Crippen LogP contribution in [-0.4, -0.2) is 38.9 Å². The van der Waals surface area contributed by atoms with Gasteiger partial charge in [0.2, 0.25) is 22.9 Å². The van der Waals surface area contributed by atoms with Gasteiger partial charge in [-0.2, -0.15) is 0 Å². The van der Waals surface area contributed by atoms with E-state index in [0.717, 1.165) is 11.4 Å². The highest BCUT2D eigenvalue weighted by atomic mass is 32.1. The molecule has 4 rings (SSSR count). The number of hydrogen-bond acceptors (Lipinski definition) is 6. The molecule has 1 aromatic rings. The lowest BCUT2D eigenvalue weighted by molar-refractivity contribution is -0.147. The second-order valence-corrected chi connectivity index (χ2v) is 8.57. The first kappa shape index (κ1) is 17.3. The molecule has 2 bridgehead atoms. The third-order valence-corrected chi connectivity index (χ3v) is 6.81. The van der Waals surface area contributed by atoms with E-state index in [1.807, 2.05) is 20.8 Å². The fourth-order valence-corrected chi connectivity index (χ4v) is 5.17. The second-order valence-electron chi connectivity index (χ2n) is 7.56. The molecule has 1 saturated carbocycles. The molecule has 138 valence electrons. The van der Waals surface area contributed by atoms with E-state index < -0.39 is 6.04 Å². The number of carbonyl (C=O) groups is 3. The van der Waals surface area contributed by atoms with E-state index in [9.17, 15) is 14.4 Å². The van der Waals surface area contributed by atoms with Crippen LogP contribution in [-0.2, 0) is 14.4 Å². The van der Waals surface area contributed by atoms with Crippen molar-refractivity contribution in [1.82, 2.24) is 15.1 Å². The summed E-state index contributed by atoms with van der Waals surface area (Å²) in [5, 5.41) is 12.0. The van der Waals surface area contributed by atoms with Gasteiger partial charge in [0, 0.05) is 5.92 Å². The van der Waals surface area contributed by atoms with Crippen LogP contribution in [0.2, 0.25) is 0 Å². The third kappa shape index (κ3) is 2.50. The molecule has 0 radical (unpaired) electrons. The molecule has 5 atom stereocenters. The average Bonchev–Trinajstić information content (AvgIpc) is 3.35. The van der Waals surface area contributed by atoms with E-state index in [2.05, 4.69) is 27.7 Å². The van der Waals surface area contributed by atoms with E-state index >= 15 is 0 Å². The van der Waals surface area contributed by atoms with Crippen molar-refractivity contribution in [3.8, 4) is 0 Å². The normalized spacial score (nSPS) is 30.4. The highest BCUT2D eigenvalue weighted by Crippen LogP contribution is 2.53. The molecule has 26 heavy (non-hydrogen) atoms. The number of nitrogens with zero attached hydrogens (tertiary/aromatic N) is 3. The molecule has 0 aromatic carbocycles. The predicted molar refractivity (Wildman–Crippen MR) is 96.3 cm³/mol. The number of aromatic nitrogens is 2. The average molecular weight is 374 g/mol. The molecule has 0 spiro atoms. The summed E-state index contributed by atoms with van der Waals surface area (Å²) in [4.78, 5) is 39.8. The van der Waals surface area contributed by atoms with Gasteiger partial charge < -0.3 is 0 Å². The molecular formula is C18H22N4O3S. The molecule has 1 aromatic heterocycles. The molecular weight excluding hydrogens is 352 g/mol. The van der Waals surface area contributed by atoms with Gasteiger partial charge in [-0.25, -0.2) is 0 Å². The summed E-state index contributed by atoms with van der Waals surface area (Å²) in [6.07, 6.45) is 5.36. The second kappa shape index (κ2) is 6.26. The number of likely N-dealkylation sites (tertiary alicyclic amines) is 1. The van der Waals surface area contributed by atoms with Crippen LogP contribution in [0.1, 0.15) is 44.5 Å². The van der Waals surface area contributed by atoms with E-state index in [1.54, 1.807) is 0 Å². The van der Waals surface area contributed by atoms with Crippen molar-refractivity contribution in [3.05, 3.63) is 17.2 Å². The summed E-state index contributed by atoms with van der Waals surface area (Å²) in [6, 6.07) is -0.800. The van der Waals surface area contributed by atoms with E-state index in [1.165, 1.54) is 16.2 Å². The maximum Gasteiger partial charge on any atom is 0.249 e. The van der Waals surface area contributed by atoms with E-state index in [4.69, 9.17) is 0 Å². The molecule has 3 aliphatic rings. The Kier molecular flexibility index (Phi) is 4.17. The minimum Gasteiger partial charge on any atom is -0.299 e. The van der Waals surface area contributed by atoms with Crippen molar-refractivity contribution in [3.63, 3.8) is 0 Å². The van der Waals surface area contributed by atoms with Crippen LogP contribution in [0.3, 0.4) is 0 Å². The lowest BCUT2D eigenvalue weighted by Gasteiger charge is -2.25. The number of allylic oxidation sites excluding steroid dienone is 2. The Balaban J connectivity index is 1.52. The van der Waals surface area contributed by atoms with Gasteiger partial charge in [0.1, 0.15) is 11.0 Å². The van der Waals surface area contributed by atoms with Crippen LogP contribution < -0.4 is 5.32 Å². The van der Waals surface area contributed by atoms with Crippen molar-refractivity contribution in [2.24, 2.45) is 23.7 Å². The van der Waals surface area contributed by atoms with E-state index in [-0.39, 0.29) is 47.3 Å². The number of nitrogens with one attached hydrogen (secondary N) is 1. The Hall–Kier alpha value is -2.09. The summed E-state index contributed by atoms with van der Waals surface area (Å²) in [5.74, 6) is -0.822. The van der Waals surface area contributed by atoms with Crippen LogP contribution in [0.15, 0.2) is 12.2 Å². The molecule has 3 amide bonds. The zero-order valence-electron chi connectivity index (χ0n) is 15.0. The minimum atomic E-state index is -0.800. The molecule has 2 heterocycles. The summed E-state index contributed by atoms with van der Waals surface area (Å²) in [7, 11) is 0. The number of amides is 3. The maximum absolute atomic E-state index is 12.9. The van der Waals surface area contributed by atoms with Gasteiger partial charge in [0.05, 0.1) is 11.8 Å². The van der Waals surface area contributed by atoms with Crippen molar-refractivity contribution < 1.29 is 14.4 Å². The number of anilines is 1. The number of rotatable bonds is 5. The predicted octanol–water partition coefficient (Wildman–Crippen LogP) is 2.19. The highest BCUT2D eigenvalue weighted by Gasteiger charge is 2.60. The van der Waals surface area contributed by atoms with Crippen LogP contribution >= 0.6 is 11.3 Å². The van der Waals surface area contributed by atoms with Gasteiger partial charge in [-0.3, -0.25) is 24.6 Å². The first-order chi connectivity index (χ1) is 12.4. The van der Waals surface area contributed by atoms with Gasteiger partial charge in [-0.15, -0.1) is 10.2 Å². The van der Waals surface area contributed by atoms with Crippen molar-refractivity contribution in [2.75, 3.05) is 5.32 Å². The lowest BCUT2D eigenvalue weighted by Crippen LogP contribution is -2.48. The van der Waals surface area contributed by atoms with Crippen molar-refractivity contribution >= 4 is 34.2 Å². The summed E-state index contributed by atoms with van der Waals surface area (Å²) in [5.41, 5.74) is 0. The molecule has 7 nitrogen and oxygen atoms in total. The number of imide groups is 1. The smallest absolute Gasteiger partial charge is 0.249 e. The topological polar surface area (TPSA) is 92.3 Å². The third-order valence-electron chi connectivity index (χ3n) is 5.67. The fourth-order valence-electron chi connectivity index (χ4n) is 4.42. The molecule has 1 N–H and O–H groups in total. The van der Waals surface area contributed by atoms with Gasteiger partial charge >= 0.3 is 0 Å². The number of fused-ring (bicyclic) bond motifs is 5. The summed E-state index contributed by atoms with van der Waals surface area (Å²) in [6.45, 7) is 5.82. The number of carbonyl (C=O) groups excluding carboxylic acids is 3. The van der Waals surface area contributed by atoms with Gasteiger partial charge in [-0.05, 0) is 24.7 Å². The Morgan fingerprint density at radius 2 is 1.85 bits per heavy atom. The van der Waals surface area contributed by atoms with Gasteiger partial charge in [0.15, 0.2) is 0 Å². The SMILES string of the molecule is CCC(C(=O)Nc1nnc(C(C)C)s1)N1C(=O)C2C3C=CC(C3)C2C1=O. The molecule has 1 saturated heterocycles. The Morgan fingerprint density at radius 3 is 2.35 bits per heavy atom. The summed E-state index contributed by atoms with van der Waals surface area (Å²) < 4.78 is 0. The van der Waals surface area contributed by atoms with Gasteiger partial charge in [0.25, 0.3) is 0 Å². The van der Waals surface area contributed by atoms with Crippen molar-refractivity contribution in [1.29, 1.82) is 0 Å². The first-order valence-corrected chi connectivity index (χ1v) is 9.93. The lowest BCUT2D eigenvalue weighted by atomic mass is 9.85. The summed E-state index contributed by atoms with van der Waals surface area (Å²) >= 11 is 1.32. The van der Waals surface area contributed by atoms with Crippen LogP contribution in [0.4, 0.5) is 5.13 Å². The quantitative estimate of drug-likeness (QED) is 0.630. The molecule has 1 aliphatic heterocycles. The molecule has 2 aliphatic carbocycles. The molecule has 2 fully saturated rings. The van der Waals surface area contributed by atoms with Crippen LogP contribution in [0.5, 0.6) is 0 Å². The largest absolute Gasteiger partial charge is 0.299 e. The highest BCUT2D eigenvalue weighted by molar-refractivity contribution is 7.15. The van der Waals surface area contributed by atoms with Crippen LogP contribution in [0.25, 0.3) is 0 Å².